The summed E-state index contributed by atoms with van der Waals surface area (Å²) < 4.78 is 5.58. The van der Waals surface area contributed by atoms with Crippen LogP contribution in [0, 0.1) is 5.41 Å². The number of nitrogen functional groups attached to an aromatic ring is 1. The molecule has 1 saturated carbocycles. The van der Waals surface area contributed by atoms with Crippen LogP contribution in [0.5, 0.6) is 5.75 Å². The molecule has 0 radical (unpaired) electrons. The summed E-state index contributed by atoms with van der Waals surface area (Å²) >= 11 is 0. The molecule has 0 aromatic heterocycles. The Bertz CT molecular complexity index is 1660. The van der Waals surface area contributed by atoms with Crippen molar-refractivity contribution >= 4 is 40.7 Å². The smallest absolute Gasteiger partial charge is 0.262 e. The molecule has 2 aromatic carbocycles. The van der Waals surface area contributed by atoms with Gasteiger partial charge in [-0.2, -0.15) is 0 Å². The topological polar surface area (TPSA) is 129 Å². The molecule has 4 saturated heterocycles. The standard InChI is InChI=1S/C37H46N6O5/c1-48-32-21-31(27(20-29(32)38)23-3-4-23)41-15-9-24(10-16-41)40-17-12-37(13-18-40)11-2-14-42(22-37)25-5-6-26-28(19-25)36(47)43(35(26)46)30-7-8-33(44)39-34(30)45/h5-6,19-21,23-24,30H,2-4,7-18,22,38H2,1H3,(H,39,44,45). The van der Waals surface area contributed by atoms with Gasteiger partial charge in [-0.15, -0.1) is 0 Å². The maximum atomic E-state index is 13.4. The fourth-order valence-corrected chi connectivity index (χ4v) is 9.10. The molecule has 48 heavy (non-hydrogen) atoms. The summed E-state index contributed by atoms with van der Waals surface area (Å²) in [5, 5.41) is 2.27. The summed E-state index contributed by atoms with van der Waals surface area (Å²) in [6, 6.07) is 9.49. The molecule has 3 N–H and O–H groups in total. The lowest BCUT2D eigenvalue weighted by Crippen LogP contribution is -2.54. The summed E-state index contributed by atoms with van der Waals surface area (Å²) in [7, 11) is 1.70. The first-order valence-electron chi connectivity index (χ1n) is 17.8. The largest absolute Gasteiger partial charge is 0.495 e. The average molecular weight is 655 g/mol. The first-order chi connectivity index (χ1) is 23.2. The molecule has 0 bridgehead atoms. The fraction of sp³-hybridized carbons (Fsp3) is 0.568. The van der Waals surface area contributed by atoms with Crippen molar-refractivity contribution < 1.29 is 23.9 Å². The first-order valence-corrected chi connectivity index (χ1v) is 17.8. The van der Waals surface area contributed by atoms with E-state index in [-0.39, 0.29) is 24.2 Å². The molecule has 1 atom stereocenters. The lowest BCUT2D eigenvalue weighted by atomic mass is 9.72. The van der Waals surface area contributed by atoms with Gasteiger partial charge in [0.05, 0.1) is 23.9 Å². The molecule has 2 aromatic rings. The van der Waals surface area contributed by atoms with Gasteiger partial charge in [0.1, 0.15) is 11.8 Å². The number of piperidine rings is 4. The number of carbonyl (C=O) groups is 4. The molecule has 4 amide bonds. The summed E-state index contributed by atoms with van der Waals surface area (Å²) in [5.74, 6) is -0.456. The number of imide groups is 2. The molecular weight excluding hydrogens is 608 g/mol. The molecule has 5 heterocycles. The number of carbonyl (C=O) groups excluding carboxylic acids is 4. The zero-order valence-corrected chi connectivity index (χ0v) is 27.8. The average Bonchev–Trinajstić information content (AvgIpc) is 3.92. The Morgan fingerprint density at radius 2 is 1.58 bits per heavy atom. The van der Waals surface area contributed by atoms with E-state index >= 15 is 0 Å². The number of ether oxygens (including phenoxy) is 1. The number of fused-ring (bicyclic) bond motifs is 1. The minimum atomic E-state index is -0.948. The van der Waals surface area contributed by atoms with Crippen LogP contribution in [0.4, 0.5) is 17.1 Å². The minimum Gasteiger partial charge on any atom is -0.495 e. The molecule has 1 unspecified atom stereocenters. The van der Waals surface area contributed by atoms with E-state index in [4.69, 9.17) is 10.5 Å². The highest BCUT2D eigenvalue weighted by Crippen LogP contribution is 2.48. The van der Waals surface area contributed by atoms with Crippen LogP contribution in [-0.4, -0.2) is 91.9 Å². The van der Waals surface area contributed by atoms with Gasteiger partial charge in [-0.05, 0) is 112 Å². The van der Waals surface area contributed by atoms with Crippen LogP contribution in [0.3, 0.4) is 0 Å². The zero-order valence-electron chi connectivity index (χ0n) is 27.8. The molecule has 1 spiro atoms. The molecule has 11 nitrogen and oxygen atoms in total. The Balaban J connectivity index is 0.892. The van der Waals surface area contributed by atoms with E-state index in [0.29, 0.717) is 23.1 Å². The number of nitrogens with zero attached hydrogens (tertiary/aromatic N) is 4. The van der Waals surface area contributed by atoms with Gasteiger partial charge in [0.25, 0.3) is 11.8 Å². The van der Waals surface area contributed by atoms with E-state index in [1.54, 1.807) is 13.2 Å². The van der Waals surface area contributed by atoms with Crippen LogP contribution in [0.25, 0.3) is 0 Å². The number of anilines is 3. The number of rotatable bonds is 6. The summed E-state index contributed by atoms with van der Waals surface area (Å²) in [5.41, 5.74) is 11.6. The molecule has 6 aliphatic rings. The number of hydrogen-bond acceptors (Lipinski definition) is 9. The predicted molar refractivity (Wildman–Crippen MR) is 182 cm³/mol. The summed E-state index contributed by atoms with van der Waals surface area (Å²) in [4.78, 5) is 59.5. The van der Waals surface area contributed by atoms with Crippen molar-refractivity contribution in [1.82, 2.24) is 15.1 Å². The Morgan fingerprint density at radius 3 is 2.29 bits per heavy atom. The van der Waals surface area contributed by atoms with Gasteiger partial charge < -0.3 is 25.2 Å². The van der Waals surface area contributed by atoms with Crippen LogP contribution >= 0.6 is 0 Å². The molecule has 5 aliphatic heterocycles. The van der Waals surface area contributed by atoms with E-state index in [2.05, 4.69) is 32.1 Å². The van der Waals surface area contributed by atoms with E-state index < -0.39 is 23.8 Å². The van der Waals surface area contributed by atoms with Crippen molar-refractivity contribution in [2.45, 2.75) is 82.2 Å². The highest BCUT2D eigenvalue weighted by Gasteiger charge is 2.46. The van der Waals surface area contributed by atoms with Crippen LogP contribution in [0.15, 0.2) is 30.3 Å². The zero-order chi connectivity index (χ0) is 33.2. The van der Waals surface area contributed by atoms with Gasteiger partial charge in [0, 0.05) is 56.1 Å². The number of nitrogens with one attached hydrogen (secondary N) is 1. The number of benzene rings is 2. The number of nitrogens with two attached hydrogens (primary N) is 1. The van der Waals surface area contributed by atoms with Crippen molar-refractivity contribution in [1.29, 1.82) is 0 Å². The van der Waals surface area contributed by atoms with Crippen LogP contribution < -0.4 is 25.6 Å². The van der Waals surface area contributed by atoms with Crippen LogP contribution in [-0.2, 0) is 9.59 Å². The molecule has 254 valence electrons. The molecular formula is C37H46N6O5. The second-order valence-electron chi connectivity index (χ2n) is 14.9. The SMILES string of the molecule is COc1cc(N2CCC(N3CCC4(CCCN(c5ccc6c(c5)C(=O)N(C5CCC(=O)NC5=O)C6=O)C4)CC3)CC2)c(C2CC2)cc1N. The van der Waals surface area contributed by atoms with E-state index in [0.717, 1.165) is 93.4 Å². The second-order valence-corrected chi connectivity index (χ2v) is 14.9. The van der Waals surface area contributed by atoms with Gasteiger partial charge in [0.15, 0.2) is 0 Å². The lowest BCUT2D eigenvalue weighted by molar-refractivity contribution is -0.136. The quantitative estimate of drug-likeness (QED) is 0.352. The summed E-state index contributed by atoms with van der Waals surface area (Å²) in [6.45, 7) is 6.18. The third-order valence-electron chi connectivity index (χ3n) is 12.0. The maximum Gasteiger partial charge on any atom is 0.262 e. The van der Waals surface area contributed by atoms with Gasteiger partial charge in [-0.25, -0.2) is 0 Å². The Kier molecular flexibility index (Phi) is 7.85. The number of likely N-dealkylation sites (tertiary alicyclic amines) is 1. The van der Waals surface area contributed by atoms with Crippen molar-refractivity contribution in [3.8, 4) is 5.75 Å². The highest BCUT2D eigenvalue weighted by atomic mass is 16.5. The van der Waals surface area contributed by atoms with Crippen LogP contribution in [0.2, 0.25) is 0 Å². The number of methoxy groups -OCH3 is 1. The monoisotopic (exact) mass is 654 g/mol. The third-order valence-corrected chi connectivity index (χ3v) is 12.0. The fourth-order valence-electron chi connectivity index (χ4n) is 9.10. The minimum absolute atomic E-state index is 0.113. The van der Waals surface area contributed by atoms with E-state index in [1.807, 2.05) is 12.1 Å². The van der Waals surface area contributed by atoms with E-state index in [9.17, 15) is 19.2 Å². The first kappa shape index (κ1) is 31.2. The third kappa shape index (κ3) is 5.49. The highest BCUT2D eigenvalue weighted by molar-refractivity contribution is 6.23. The Labute approximate surface area is 281 Å². The summed E-state index contributed by atoms with van der Waals surface area (Å²) in [6.07, 6.45) is 9.72. The van der Waals surface area contributed by atoms with Gasteiger partial charge in [-0.1, -0.05) is 0 Å². The molecule has 1 aliphatic carbocycles. The van der Waals surface area contributed by atoms with Crippen molar-refractivity contribution in [2.24, 2.45) is 5.41 Å². The lowest BCUT2D eigenvalue weighted by Gasteiger charge is -2.50. The van der Waals surface area contributed by atoms with Gasteiger partial charge in [-0.3, -0.25) is 29.4 Å². The van der Waals surface area contributed by atoms with Crippen molar-refractivity contribution in [3.05, 3.63) is 47.0 Å². The predicted octanol–water partition coefficient (Wildman–Crippen LogP) is 3.91. The number of amides is 4. The normalized spacial score (nSPS) is 25.1. The van der Waals surface area contributed by atoms with Crippen molar-refractivity contribution in [2.75, 3.05) is 61.9 Å². The second kappa shape index (κ2) is 12.1. The molecule has 8 rings (SSSR count). The maximum absolute atomic E-state index is 13.4. The van der Waals surface area contributed by atoms with Crippen molar-refractivity contribution in [3.63, 3.8) is 0 Å². The van der Waals surface area contributed by atoms with E-state index in [1.165, 1.54) is 30.5 Å². The Hall–Kier alpha value is -4.12. The Morgan fingerprint density at radius 1 is 0.833 bits per heavy atom. The molecule has 11 heteroatoms. The molecule has 5 fully saturated rings. The van der Waals surface area contributed by atoms with Gasteiger partial charge >= 0.3 is 0 Å². The van der Waals surface area contributed by atoms with Crippen LogP contribution in [0.1, 0.15) is 96.4 Å². The number of hydrogen-bond donors (Lipinski definition) is 2. The van der Waals surface area contributed by atoms with Gasteiger partial charge in [0.2, 0.25) is 11.8 Å².